The van der Waals surface area contributed by atoms with Gasteiger partial charge in [0.15, 0.2) is 0 Å². The van der Waals surface area contributed by atoms with Gasteiger partial charge in [-0.25, -0.2) is 16.0 Å². The summed E-state index contributed by atoms with van der Waals surface area (Å²) >= 11 is 0. The number of hydrazine groups is 2. The second-order valence-corrected chi connectivity index (χ2v) is 1.88. The smallest absolute Gasteiger partial charge is 0.248 e. The minimum absolute atomic E-state index is 0. The molecule has 2 N–H and O–H groups in total. The summed E-state index contributed by atoms with van der Waals surface area (Å²) in [5, 5.41) is 1.39. The molecular formula is C6H16ClN3O. The standard InChI is InChI=1S/C6H15N3O.ClH/c1-4-7-9(6(3)10)8-5-2;/h7-8H,4-5H2,1-3H3;1H. The number of nitrogens with zero attached hydrogens (tertiary/aromatic N) is 1. The summed E-state index contributed by atoms with van der Waals surface area (Å²) < 4.78 is 0. The summed E-state index contributed by atoms with van der Waals surface area (Å²) in [7, 11) is 0. The minimum Gasteiger partial charge on any atom is -0.272 e. The summed E-state index contributed by atoms with van der Waals surface area (Å²) in [5.41, 5.74) is 5.71. The van der Waals surface area contributed by atoms with Crippen LogP contribution >= 0.6 is 12.4 Å². The van der Waals surface area contributed by atoms with E-state index in [1.807, 2.05) is 13.8 Å². The molecule has 0 aliphatic rings. The lowest BCUT2D eigenvalue weighted by Crippen LogP contribution is -2.50. The van der Waals surface area contributed by atoms with Crippen molar-refractivity contribution in [2.75, 3.05) is 13.1 Å². The highest BCUT2D eigenvalue weighted by Crippen LogP contribution is 1.75. The molecule has 0 rings (SSSR count). The molecule has 5 heteroatoms. The number of hydrogen-bond donors (Lipinski definition) is 2. The summed E-state index contributed by atoms with van der Waals surface area (Å²) in [6.07, 6.45) is 0. The van der Waals surface area contributed by atoms with Crippen LogP contribution in [0.4, 0.5) is 0 Å². The molecule has 0 heterocycles. The van der Waals surface area contributed by atoms with Gasteiger partial charge in [-0.15, -0.1) is 12.4 Å². The van der Waals surface area contributed by atoms with Crippen LogP contribution in [0, 0.1) is 0 Å². The average Bonchev–Trinajstić information content (AvgIpc) is 1.87. The molecule has 0 aromatic rings. The van der Waals surface area contributed by atoms with Gasteiger partial charge in [0.05, 0.1) is 0 Å². The molecule has 1 amide bonds. The van der Waals surface area contributed by atoms with Crippen LogP contribution in [0.3, 0.4) is 0 Å². The van der Waals surface area contributed by atoms with Crippen molar-refractivity contribution < 1.29 is 4.79 Å². The third-order valence-corrected chi connectivity index (χ3v) is 0.947. The largest absolute Gasteiger partial charge is 0.272 e. The lowest BCUT2D eigenvalue weighted by molar-refractivity contribution is -0.135. The van der Waals surface area contributed by atoms with E-state index in [1.54, 1.807) is 0 Å². The van der Waals surface area contributed by atoms with Crippen molar-refractivity contribution >= 4 is 18.3 Å². The molecule has 11 heavy (non-hydrogen) atoms. The highest BCUT2D eigenvalue weighted by molar-refractivity contribution is 5.85. The van der Waals surface area contributed by atoms with Crippen molar-refractivity contribution in [1.82, 2.24) is 16.0 Å². The van der Waals surface area contributed by atoms with E-state index in [1.165, 1.54) is 12.0 Å². The van der Waals surface area contributed by atoms with E-state index >= 15 is 0 Å². The molecule has 0 aliphatic carbocycles. The molecule has 0 fully saturated rings. The molecule has 68 valence electrons. The van der Waals surface area contributed by atoms with Crippen LogP contribution in [0.2, 0.25) is 0 Å². The second kappa shape index (κ2) is 7.78. The van der Waals surface area contributed by atoms with Crippen LogP contribution < -0.4 is 10.9 Å². The Morgan fingerprint density at radius 2 is 1.64 bits per heavy atom. The summed E-state index contributed by atoms with van der Waals surface area (Å²) in [6.45, 7) is 6.87. The minimum atomic E-state index is -0.0244. The molecule has 4 nitrogen and oxygen atoms in total. The zero-order valence-corrected chi connectivity index (χ0v) is 7.99. The maximum absolute atomic E-state index is 10.7. The van der Waals surface area contributed by atoms with E-state index in [0.29, 0.717) is 0 Å². The van der Waals surface area contributed by atoms with Gasteiger partial charge in [0.1, 0.15) is 0 Å². The summed E-state index contributed by atoms with van der Waals surface area (Å²) in [4.78, 5) is 10.7. The first-order chi connectivity index (χ1) is 4.72. The Hall–Kier alpha value is -0.320. The van der Waals surface area contributed by atoms with Gasteiger partial charge >= 0.3 is 0 Å². The number of carbonyl (C=O) groups is 1. The highest BCUT2D eigenvalue weighted by atomic mass is 35.5. The SMILES string of the molecule is CCNN(NCC)C(C)=O.Cl. The van der Waals surface area contributed by atoms with E-state index in [0.717, 1.165) is 13.1 Å². The predicted octanol–water partition coefficient (Wildman–Crippen LogP) is 0.306. The van der Waals surface area contributed by atoms with Crippen molar-refractivity contribution in [3.05, 3.63) is 0 Å². The third-order valence-electron chi connectivity index (χ3n) is 0.947. The number of hydrogen-bond acceptors (Lipinski definition) is 3. The lowest BCUT2D eigenvalue weighted by Gasteiger charge is -2.20. The van der Waals surface area contributed by atoms with E-state index in [4.69, 9.17) is 0 Å². The lowest BCUT2D eigenvalue weighted by atomic mass is 10.7. The van der Waals surface area contributed by atoms with E-state index < -0.39 is 0 Å². The molecule has 0 aliphatic heterocycles. The number of carbonyl (C=O) groups excluding carboxylic acids is 1. The molecule has 0 saturated carbocycles. The molecule has 0 saturated heterocycles. The summed E-state index contributed by atoms with van der Waals surface area (Å²) in [5.74, 6) is -0.0244. The summed E-state index contributed by atoms with van der Waals surface area (Å²) in [6, 6.07) is 0. The molecule has 0 bridgehead atoms. The van der Waals surface area contributed by atoms with Crippen LogP contribution in [0.5, 0.6) is 0 Å². The van der Waals surface area contributed by atoms with Crippen LogP contribution in [0.1, 0.15) is 20.8 Å². The fraction of sp³-hybridized carbons (Fsp3) is 0.833. The van der Waals surface area contributed by atoms with E-state index in [9.17, 15) is 4.79 Å². The zero-order chi connectivity index (χ0) is 7.98. The number of rotatable bonds is 4. The number of amides is 1. The van der Waals surface area contributed by atoms with Crippen LogP contribution in [-0.4, -0.2) is 24.1 Å². The topological polar surface area (TPSA) is 44.4 Å². The van der Waals surface area contributed by atoms with Crippen molar-refractivity contribution in [3.63, 3.8) is 0 Å². The highest BCUT2D eigenvalue weighted by Gasteiger charge is 2.02. The fourth-order valence-electron chi connectivity index (χ4n) is 0.595. The quantitative estimate of drug-likeness (QED) is 0.614. The van der Waals surface area contributed by atoms with Gasteiger partial charge in [-0.2, -0.15) is 0 Å². The molecule has 0 aromatic carbocycles. The first-order valence-corrected chi connectivity index (χ1v) is 3.50. The second-order valence-electron chi connectivity index (χ2n) is 1.88. The monoisotopic (exact) mass is 181 g/mol. The Bertz CT molecular complexity index is 104. The predicted molar refractivity (Wildman–Crippen MR) is 47.1 cm³/mol. The Balaban J connectivity index is 0. The maximum Gasteiger partial charge on any atom is 0.248 e. The van der Waals surface area contributed by atoms with E-state index in [2.05, 4.69) is 10.9 Å². The van der Waals surface area contributed by atoms with Crippen LogP contribution in [-0.2, 0) is 4.79 Å². The average molecular weight is 182 g/mol. The van der Waals surface area contributed by atoms with Crippen LogP contribution in [0.25, 0.3) is 0 Å². The Morgan fingerprint density at radius 3 is 1.82 bits per heavy atom. The number of halogens is 1. The Morgan fingerprint density at radius 1 is 1.27 bits per heavy atom. The first-order valence-electron chi connectivity index (χ1n) is 3.50. The van der Waals surface area contributed by atoms with Crippen molar-refractivity contribution in [2.45, 2.75) is 20.8 Å². The van der Waals surface area contributed by atoms with Gasteiger partial charge in [0, 0.05) is 20.0 Å². The normalized spacial score (nSPS) is 8.64. The van der Waals surface area contributed by atoms with Gasteiger partial charge in [0.25, 0.3) is 0 Å². The molecule has 0 spiro atoms. The molecule has 0 radical (unpaired) electrons. The van der Waals surface area contributed by atoms with E-state index in [-0.39, 0.29) is 18.3 Å². The van der Waals surface area contributed by atoms with Gasteiger partial charge in [0.2, 0.25) is 5.91 Å². The maximum atomic E-state index is 10.7. The van der Waals surface area contributed by atoms with Crippen LogP contribution in [0.15, 0.2) is 0 Å². The van der Waals surface area contributed by atoms with Crippen molar-refractivity contribution in [2.24, 2.45) is 0 Å². The molecule has 0 aromatic heterocycles. The Kier molecular flexibility index (Phi) is 9.40. The third kappa shape index (κ3) is 6.09. The molecular weight excluding hydrogens is 166 g/mol. The van der Waals surface area contributed by atoms with Crippen molar-refractivity contribution in [3.8, 4) is 0 Å². The Labute approximate surface area is 73.7 Å². The molecule has 0 atom stereocenters. The van der Waals surface area contributed by atoms with Gasteiger partial charge in [-0.05, 0) is 0 Å². The van der Waals surface area contributed by atoms with Gasteiger partial charge < -0.3 is 0 Å². The van der Waals surface area contributed by atoms with Gasteiger partial charge in [-0.1, -0.05) is 13.8 Å². The van der Waals surface area contributed by atoms with Gasteiger partial charge in [-0.3, -0.25) is 4.79 Å². The zero-order valence-electron chi connectivity index (χ0n) is 7.18. The van der Waals surface area contributed by atoms with Crippen molar-refractivity contribution in [1.29, 1.82) is 0 Å². The molecule has 0 unspecified atom stereocenters. The number of nitrogens with one attached hydrogen (secondary N) is 2. The first kappa shape index (κ1) is 13.3. The fourth-order valence-corrected chi connectivity index (χ4v) is 0.595.